The molecule has 0 unspecified atom stereocenters. The van der Waals surface area contributed by atoms with Gasteiger partial charge in [-0.3, -0.25) is 4.40 Å². The van der Waals surface area contributed by atoms with Crippen LogP contribution in [0, 0.1) is 9.49 Å². The molecule has 2 heterocycles. The zero-order valence-electron chi connectivity index (χ0n) is 8.15. The molecular formula is C10H11IN4. The smallest absolute Gasteiger partial charge is 0.226 e. The number of nitrogen functional groups attached to an aromatic ring is 1. The van der Waals surface area contributed by atoms with Crippen molar-refractivity contribution in [3.63, 3.8) is 0 Å². The molecule has 15 heavy (non-hydrogen) atoms. The molecule has 0 radical (unpaired) electrons. The van der Waals surface area contributed by atoms with Crippen molar-refractivity contribution in [2.24, 2.45) is 5.92 Å². The van der Waals surface area contributed by atoms with Gasteiger partial charge in [0.2, 0.25) is 5.95 Å². The summed E-state index contributed by atoms with van der Waals surface area (Å²) in [6.07, 6.45) is 5.74. The van der Waals surface area contributed by atoms with E-state index in [1.165, 1.54) is 22.0 Å². The minimum Gasteiger partial charge on any atom is -0.368 e. The highest BCUT2D eigenvalue weighted by molar-refractivity contribution is 14.1. The van der Waals surface area contributed by atoms with Gasteiger partial charge in [0, 0.05) is 15.3 Å². The molecular weight excluding hydrogens is 303 g/mol. The van der Waals surface area contributed by atoms with Gasteiger partial charge in [-0.15, -0.1) is 10.2 Å². The number of rotatable bonds is 2. The lowest BCUT2D eigenvalue weighted by Crippen LogP contribution is -1.99. The van der Waals surface area contributed by atoms with Crippen LogP contribution in [0.4, 0.5) is 5.95 Å². The summed E-state index contributed by atoms with van der Waals surface area (Å²) in [6, 6.07) is 2.07. The first-order valence-electron chi connectivity index (χ1n) is 5.03. The Hall–Kier alpha value is -0.850. The molecule has 0 atom stereocenters. The summed E-state index contributed by atoms with van der Waals surface area (Å²) in [6.45, 7) is 0. The Morgan fingerprint density at radius 2 is 2.27 bits per heavy atom. The SMILES string of the molecule is Nc1nnc2c(CC3CC3)c(I)ccn12. The van der Waals surface area contributed by atoms with Gasteiger partial charge in [-0.2, -0.15) is 0 Å². The van der Waals surface area contributed by atoms with Crippen LogP contribution in [-0.2, 0) is 6.42 Å². The Bertz CT molecular complexity index is 515. The van der Waals surface area contributed by atoms with E-state index in [1.807, 2.05) is 10.6 Å². The third kappa shape index (κ3) is 1.58. The van der Waals surface area contributed by atoms with Crippen molar-refractivity contribution >= 4 is 34.2 Å². The normalized spacial score (nSPS) is 16.1. The zero-order valence-corrected chi connectivity index (χ0v) is 10.3. The van der Waals surface area contributed by atoms with E-state index in [1.54, 1.807) is 0 Å². The van der Waals surface area contributed by atoms with Crippen LogP contribution in [0.3, 0.4) is 0 Å². The molecule has 3 rings (SSSR count). The maximum atomic E-state index is 5.73. The topological polar surface area (TPSA) is 56.2 Å². The van der Waals surface area contributed by atoms with Gasteiger partial charge in [0.05, 0.1) is 0 Å². The van der Waals surface area contributed by atoms with Crippen molar-refractivity contribution in [2.45, 2.75) is 19.3 Å². The van der Waals surface area contributed by atoms with Crippen LogP contribution in [0.5, 0.6) is 0 Å². The Morgan fingerprint density at radius 3 is 3.00 bits per heavy atom. The number of anilines is 1. The molecule has 0 aliphatic heterocycles. The predicted molar refractivity (Wildman–Crippen MR) is 66.5 cm³/mol. The number of halogens is 1. The quantitative estimate of drug-likeness (QED) is 0.861. The number of nitrogens with zero attached hydrogens (tertiary/aromatic N) is 3. The summed E-state index contributed by atoms with van der Waals surface area (Å²) in [5.41, 5.74) is 7.95. The second-order valence-corrected chi connectivity index (χ2v) is 5.20. The van der Waals surface area contributed by atoms with Gasteiger partial charge in [-0.1, -0.05) is 0 Å². The van der Waals surface area contributed by atoms with E-state index in [2.05, 4.69) is 38.9 Å². The van der Waals surface area contributed by atoms with Gasteiger partial charge in [-0.05, 0) is 53.8 Å². The summed E-state index contributed by atoms with van der Waals surface area (Å²) in [5, 5.41) is 8.06. The number of fused-ring (bicyclic) bond motifs is 1. The molecule has 2 aromatic rings. The molecule has 1 saturated carbocycles. The van der Waals surface area contributed by atoms with Crippen LogP contribution in [0.1, 0.15) is 18.4 Å². The molecule has 4 nitrogen and oxygen atoms in total. The van der Waals surface area contributed by atoms with E-state index < -0.39 is 0 Å². The number of aromatic nitrogens is 3. The van der Waals surface area contributed by atoms with E-state index in [0.717, 1.165) is 18.0 Å². The molecule has 0 saturated heterocycles. The fourth-order valence-electron chi connectivity index (χ4n) is 1.80. The second kappa shape index (κ2) is 3.33. The summed E-state index contributed by atoms with van der Waals surface area (Å²) < 4.78 is 3.12. The van der Waals surface area contributed by atoms with Crippen LogP contribution < -0.4 is 5.73 Å². The van der Waals surface area contributed by atoms with Gasteiger partial charge in [0.25, 0.3) is 0 Å². The molecule has 1 aliphatic rings. The molecule has 0 spiro atoms. The number of nitrogens with two attached hydrogens (primary N) is 1. The average molecular weight is 314 g/mol. The monoisotopic (exact) mass is 314 g/mol. The molecule has 1 aliphatic carbocycles. The minimum atomic E-state index is 0.471. The van der Waals surface area contributed by atoms with Crippen LogP contribution in [0.25, 0.3) is 5.65 Å². The Labute approximate surface area is 101 Å². The third-order valence-corrected chi connectivity index (χ3v) is 3.85. The van der Waals surface area contributed by atoms with E-state index >= 15 is 0 Å². The highest BCUT2D eigenvalue weighted by Crippen LogP contribution is 2.34. The zero-order chi connectivity index (χ0) is 10.4. The molecule has 1 fully saturated rings. The summed E-state index contributed by atoms with van der Waals surface area (Å²) in [4.78, 5) is 0. The van der Waals surface area contributed by atoms with Crippen molar-refractivity contribution in [1.82, 2.24) is 14.6 Å². The maximum Gasteiger partial charge on any atom is 0.226 e. The maximum absolute atomic E-state index is 5.73. The Balaban J connectivity index is 2.18. The fourth-order valence-corrected chi connectivity index (χ4v) is 2.43. The van der Waals surface area contributed by atoms with Gasteiger partial charge in [0.1, 0.15) is 0 Å². The van der Waals surface area contributed by atoms with Crippen LogP contribution in [0.2, 0.25) is 0 Å². The second-order valence-electron chi connectivity index (χ2n) is 4.04. The number of hydrogen-bond acceptors (Lipinski definition) is 3. The standard InChI is InChI=1S/C10H11IN4/c11-8-3-4-15-9(13-14-10(15)12)7(8)5-6-1-2-6/h3-4,6H,1-2,5H2,(H2,12,14). The minimum absolute atomic E-state index is 0.471. The van der Waals surface area contributed by atoms with Crippen molar-refractivity contribution in [3.05, 3.63) is 21.4 Å². The molecule has 0 aromatic carbocycles. The van der Waals surface area contributed by atoms with Crippen LogP contribution in [0.15, 0.2) is 12.3 Å². The lowest BCUT2D eigenvalue weighted by molar-refractivity contribution is 0.826. The lowest BCUT2D eigenvalue weighted by atomic mass is 10.1. The lowest BCUT2D eigenvalue weighted by Gasteiger charge is -2.05. The Kier molecular flexibility index (Phi) is 2.08. The third-order valence-electron chi connectivity index (χ3n) is 2.84. The predicted octanol–water partition coefficient (Wildman–Crippen LogP) is 1.87. The molecule has 78 valence electrons. The molecule has 0 bridgehead atoms. The van der Waals surface area contributed by atoms with Crippen LogP contribution >= 0.6 is 22.6 Å². The summed E-state index contributed by atoms with van der Waals surface area (Å²) >= 11 is 2.36. The van der Waals surface area contributed by atoms with E-state index in [0.29, 0.717) is 5.95 Å². The molecule has 0 amide bonds. The van der Waals surface area contributed by atoms with Crippen LogP contribution in [-0.4, -0.2) is 14.6 Å². The fraction of sp³-hybridized carbons (Fsp3) is 0.400. The largest absolute Gasteiger partial charge is 0.368 e. The first-order valence-corrected chi connectivity index (χ1v) is 6.11. The molecule has 2 aromatic heterocycles. The van der Waals surface area contributed by atoms with Gasteiger partial charge in [-0.25, -0.2) is 0 Å². The average Bonchev–Trinajstić information content (AvgIpc) is 2.96. The van der Waals surface area contributed by atoms with Gasteiger partial charge >= 0.3 is 0 Å². The van der Waals surface area contributed by atoms with E-state index in [9.17, 15) is 0 Å². The molecule has 5 heteroatoms. The highest BCUT2D eigenvalue weighted by atomic mass is 127. The number of pyridine rings is 1. The Morgan fingerprint density at radius 1 is 1.47 bits per heavy atom. The first-order chi connectivity index (χ1) is 7.25. The van der Waals surface area contributed by atoms with Gasteiger partial charge < -0.3 is 5.73 Å². The van der Waals surface area contributed by atoms with E-state index in [4.69, 9.17) is 5.73 Å². The number of hydrogen-bond donors (Lipinski definition) is 1. The van der Waals surface area contributed by atoms with Crippen molar-refractivity contribution < 1.29 is 0 Å². The van der Waals surface area contributed by atoms with Gasteiger partial charge in [0.15, 0.2) is 5.65 Å². The molecule has 2 N–H and O–H groups in total. The first kappa shape index (κ1) is 9.38. The summed E-state index contributed by atoms with van der Waals surface area (Å²) in [5.74, 6) is 1.32. The van der Waals surface area contributed by atoms with Crippen molar-refractivity contribution in [1.29, 1.82) is 0 Å². The highest BCUT2D eigenvalue weighted by Gasteiger charge is 2.24. The van der Waals surface area contributed by atoms with Crippen molar-refractivity contribution in [2.75, 3.05) is 5.73 Å². The summed E-state index contributed by atoms with van der Waals surface area (Å²) in [7, 11) is 0. The van der Waals surface area contributed by atoms with Crippen molar-refractivity contribution in [3.8, 4) is 0 Å². The van der Waals surface area contributed by atoms with E-state index in [-0.39, 0.29) is 0 Å².